The molecule has 1 aromatic carbocycles. The van der Waals surface area contributed by atoms with Gasteiger partial charge in [-0.05, 0) is 25.0 Å². The molecule has 2 aromatic rings. The number of ether oxygens (including phenoxy) is 1. The number of likely N-dealkylation sites (tertiary alicyclic amines) is 1. The van der Waals surface area contributed by atoms with Crippen molar-refractivity contribution in [3.8, 4) is 5.75 Å². The van der Waals surface area contributed by atoms with Crippen molar-refractivity contribution in [1.82, 2.24) is 24.7 Å². The smallest absolute Gasteiger partial charge is 0.274 e. The second kappa shape index (κ2) is 10.9. The van der Waals surface area contributed by atoms with Crippen LogP contribution in [0.15, 0.2) is 48.9 Å². The summed E-state index contributed by atoms with van der Waals surface area (Å²) in [7, 11) is 0. The van der Waals surface area contributed by atoms with E-state index in [1.54, 1.807) is 9.80 Å². The van der Waals surface area contributed by atoms with Crippen molar-refractivity contribution >= 4 is 17.7 Å². The monoisotopic (exact) mass is 451 g/mol. The van der Waals surface area contributed by atoms with Crippen molar-refractivity contribution in [2.75, 3.05) is 45.9 Å². The Kier molecular flexibility index (Phi) is 7.49. The van der Waals surface area contributed by atoms with Crippen LogP contribution in [0.1, 0.15) is 29.8 Å². The Balaban J connectivity index is 1.23. The van der Waals surface area contributed by atoms with Crippen LogP contribution in [0.4, 0.5) is 0 Å². The van der Waals surface area contributed by atoms with E-state index in [0.717, 1.165) is 18.6 Å². The molecule has 0 aliphatic carbocycles. The van der Waals surface area contributed by atoms with Crippen molar-refractivity contribution < 1.29 is 19.1 Å². The van der Waals surface area contributed by atoms with E-state index in [2.05, 4.69) is 9.97 Å². The zero-order chi connectivity index (χ0) is 23.0. The molecule has 4 rings (SSSR count). The third-order valence-electron chi connectivity index (χ3n) is 6.11. The van der Waals surface area contributed by atoms with Crippen LogP contribution < -0.4 is 4.74 Å². The zero-order valence-electron chi connectivity index (χ0n) is 18.6. The van der Waals surface area contributed by atoms with E-state index in [9.17, 15) is 14.4 Å². The molecule has 3 heterocycles. The Labute approximate surface area is 193 Å². The molecular weight excluding hydrogens is 422 g/mol. The van der Waals surface area contributed by atoms with Crippen LogP contribution in [0, 0.1) is 5.92 Å². The summed E-state index contributed by atoms with van der Waals surface area (Å²) in [5.74, 6) is 0.471. The molecule has 0 radical (unpaired) electrons. The summed E-state index contributed by atoms with van der Waals surface area (Å²) in [4.78, 5) is 51.6. The van der Waals surface area contributed by atoms with Crippen molar-refractivity contribution in [2.45, 2.75) is 19.3 Å². The number of carbonyl (C=O) groups is 3. The quantitative estimate of drug-likeness (QED) is 0.660. The third kappa shape index (κ3) is 5.85. The average Bonchev–Trinajstić information content (AvgIpc) is 2.89. The molecule has 2 aliphatic heterocycles. The Hall–Kier alpha value is -3.49. The number of para-hydroxylation sites is 1. The van der Waals surface area contributed by atoms with Crippen LogP contribution >= 0.6 is 0 Å². The Morgan fingerprint density at radius 1 is 0.939 bits per heavy atom. The zero-order valence-corrected chi connectivity index (χ0v) is 18.6. The van der Waals surface area contributed by atoms with E-state index in [0.29, 0.717) is 58.0 Å². The van der Waals surface area contributed by atoms with Gasteiger partial charge in [0.25, 0.3) is 5.91 Å². The Bertz CT molecular complexity index is 948. The first-order chi connectivity index (χ1) is 16.1. The summed E-state index contributed by atoms with van der Waals surface area (Å²) in [6.07, 6.45) is 6.37. The number of aromatic nitrogens is 2. The Morgan fingerprint density at radius 2 is 1.70 bits per heavy atom. The van der Waals surface area contributed by atoms with Crippen LogP contribution in [0.3, 0.4) is 0 Å². The molecule has 2 aliphatic rings. The molecule has 1 aromatic heterocycles. The standard InChI is InChI=1S/C24H29N5O4/c30-22(8-16-33-20-6-2-1-3-7-20)29-11-4-5-19(18-29)23(31)27-12-14-28(15-13-27)24(32)21-17-25-9-10-26-21/h1-3,6-7,9-10,17,19H,4-5,8,11-16,18H2. The number of amides is 3. The van der Waals surface area contributed by atoms with Crippen molar-refractivity contribution in [3.05, 3.63) is 54.6 Å². The summed E-state index contributed by atoms with van der Waals surface area (Å²) in [6, 6.07) is 9.42. The van der Waals surface area contributed by atoms with Gasteiger partial charge in [0.15, 0.2) is 0 Å². The van der Waals surface area contributed by atoms with Gasteiger partial charge in [0, 0.05) is 51.7 Å². The van der Waals surface area contributed by atoms with Crippen molar-refractivity contribution in [2.24, 2.45) is 5.92 Å². The lowest BCUT2D eigenvalue weighted by Crippen LogP contribution is -2.54. The predicted molar refractivity (Wildman–Crippen MR) is 120 cm³/mol. The van der Waals surface area contributed by atoms with Crippen molar-refractivity contribution in [1.29, 1.82) is 0 Å². The fourth-order valence-electron chi connectivity index (χ4n) is 4.30. The molecule has 2 fully saturated rings. The third-order valence-corrected chi connectivity index (χ3v) is 6.11. The first-order valence-corrected chi connectivity index (χ1v) is 11.4. The maximum Gasteiger partial charge on any atom is 0.274 e. The molecule has 33 heavy (non-hydrogen) atoms. The molecule has 9 nitrogen and oxygen atoms in total. The van der Waals surface area contributed by atoms with Gasteiger partial charge in [-0.1, -0.05) is 18.2 Å². The number of hydrogen-bond donors (Lipinski definition) is 0. The summed E-state index contributed by atoms with van der Waals surface area (Å²) >= 11 is 0. The van der Waals surface area contributed by atoms with Gasteiger partial charge in [0.1, 0.15) is 11.4 Å². The molecule has 9 heteroatoms. The van der Waals surface area contributed by atoms with Crippen LogP contribution in [0.5, 0.6) is 5.75 Å². The summed E-state index contributed by atoms with van der Waals surface area (Å²) in [5, 5.41) is 0. The molecule has 1 atom stereocenters. The van der Waals surface area contributed by atoms with E-state index in [4.69, 9.17) is 4.74 Å². The highest BCUT2D eigenvalue weighted by molar-refractivity contribution is 5.92. The lowest BCUT2D eigenvalue weighted by molar-refractivity contribution is -0.142. The molecule has 2 saturated heterocycles. The number of hydrogen-bond acceptors (Lipinski definition) is 6. The molecule has 0 N–H and O–H groups in total. The summed E-state index contributed by atoms with van der Waals surface area (Å²) in [6.45, 7) is 3.34. The van der Waals surface area contributed by atoms with Gasteiger partial charge >= 0.3 is 0 Å². The number of piperidine rings is 1. The highest BCUT2D eigenvalue weighted by Crippen LogP contribution is 2.21. The number of nitrogens with zero attached hydrogens (tertiary/aromatic N) is 5. The van der Waals surface area contributed by atoms with Crippen molar-refractivity contribution in [3.63, 3.8) is 0 Å². The van der Waals surface area contributed by atoms with E-state index in [1.807, 2.05) is 35.2 Å². The normalized spacial score (nSPS) is 18.7. The SMILES string of the molecule is O=C(CCOc1ccccc1)N1CCCC(C(=O)N2CCN(C(=O)c3cnccn3)CC2)C1. The second-order valence-corrected chi connectivity index (χ2v) is 8.30. The number of piperazine rings is 1. The fraction of sp³-hybridized carbons (Fsp3) is 0.458. The lowest BCUT2D eigenvalue weighted by Gasteiger charge is -2.39. The molecule has 174 valence electrons. The van der Waals surface area contributed by atoms with Crippen LogP contribution in [-0.4, -0.2) is 88.3 Å². The van der Waals surface area contributed by atoms with Gasteiger partial charge in [-0.25, -0.2) is 4.98 Å². The average molecular weight is 452 g/mol. The highest BCUT2D eigenvalue weighted by Gasteiger charge is 2.33. The number of rotatable bonds is 6. The maximum atomic E-state index is 13.1. The number of carbonyl (C=O) groups excluding carboxylic acids is 3. The molecular formula is C24H29N5O4. The van der Waals surface area contributed by atoms with Gasteiger partial charge in [0.2, 0.25) is 11.8 Å². The topological polar surface area (TPSA) is 95.9 Å². The molecule has 0 spiro atoms. The van der Waals surface area contributed by atoms with Gasteiger partial charge in [0.05, 0.1) is 25.1 Å². The Morgan fingerprint density at radius 3 is 2.42 bits per heavy atom. The molecule has 3 amide bonds. The van der Waals surface area contributed by atoms with Crippen LogP contribution in [0.25, 0.3) is 0 Å². The second-order valence-electron chi connectivity index (χ2n) is 8.30. The molecule has 0 saturated carbocycles. The molecule has 1 unspecified atom stereocenters. The van der Waals surface area contributed by atoms with Crippen LogP contribution in [-0.2, 0) is 9.59 Å². The minimum Gasteiger partial charge on any atom is -0.493 e. The molecule has 0 bridgehead atoms. The lowest BCUT2D eigenvalue weighted by atomic mass is 9.96. The van der Waals surface area contributed by atoms with Gasteiger partial charge in [-0.2, -0.15) is 0 Å². The van der Waals surface area contributed by atoms with E-state index in [1.165, 1.54) is 18.6 Å². The van der Waals surface area contributed by atoms with Gasteiger partial charge in [-0.3, -0.25) is 19.4 Å². The van der Waals surface area contributed by atoms with Crippen LogP contribution in [0.2, 0.25) is 0 Å². The van der Waals surface area contributed by atoms with E-state index in [-0.39, 0.29) is 23.6 Å². The largest absolute Gasteiger partial charge is 0.493 e. The van der Waals surface area contributed by atoms with Gasteiger partial charge < -0.3 is 19.4 Å². The first kappa shape index (κ1) is 22.7. The van der Waals surface area contributed by atoms with E-state index < -0.39 is 0 Å². The minimum absolute atomic E-state index is 0.0165. The maximum absolute atomic E-state index is 13.1. The highest BCUT2D eigenvalue weighted by atomic mass is 16.5. The van der Waals surface area contributed by atoms with E-state index >= 15 is 0 Å². The summed E-state index contributed by atoms with van der Waals surface area (Å²) < 4.78 is 5.64. The fourth-order valence-corrected chi connectivity index (χ4v) is 4.30. The van der Waals surface area contributed by atoms with Gasteiger partial charge in [-0.15, -0.1) is 0 Å². The first-order valence-electron chi connectivity index (χ1n) is 11.4. The minimum atomic E-state index is -0.194. The summed E-state index contributed by atoms with van der Waals surface area (Å²) in [5.41, 5.74) is 0.315. The predicted octanol–water partition coefficient (Wildman–Crippen LogP) is 1.47. The number of benzene rings is 1.